The molecule has 0 radical (unpaired) electrons. The largest absolute Gasteiger partial charge is 0.489 e. The molecular weight excluding hydrogens is 276 g/mol. The summed E-state index contributed by atoms with van der Waals surface area (Å²) in [5.74, 6) is 2.03. The lowest BCUT2D eigenvalue weighted by Gasteiger charge is -2.10. The van der Waals surface area contributed by atoms with Gasteiger partial charge in [-0.05, 0) is 56.6 Å². The lowest BCUT2D eigenvalue weighted by atomic mass is 10.3. The maximum atomic E-state index is 5.83. The molecule has 0 unspecified atom stereocenters. The van der Waals surface area contributed by atoms with Crippen molar-refractivity contribution in [3.8, 4) is 5.75 Å². The molecule has 1 aromatic heterocycles. The summed E-state index contributed by atoms with van der Waals surface area (Å²) in [6.07, 6.45) is 3.41. The number of hydrogen-bond donors (Lipinski definition) is 1. The van der Waals surface area contributed by atoms with E-state index in [1.165, 1.54) is 0 Å². The van der Waals surface area contributed by atoms with Crippen molar-refractivity contribution >= 4 is 35.0 Å². The van der Waals surface area contributed by atoms with E-state index in [4.69, 9.17) is 17.0 Å². The fourth-order valence-electron chi connectivity index (χ4n) is 2.10. The van der Waals surface area contributed by atoms with Gasteiger partial charge < -0.3 is 14.3 Å². The Balaban J connectivity index is 2.38. The Labute approximate surface area is 123 Å². The van der Waals surface area contributed by atoms with E-state index in [0.29, 0.717) is 0 Å². The molecule has 0 fully saturated rings. The zero-order valence-corrected chi connectivity index (χ0v) is 13.2. The topological polar surface area (TPSA) is 29.9 Å². The number of ether oxygens (including phenoxy) is 1. The minimum Gasteiger partial charge on any atom is -0.489 e. The minimum absolute atomic E-state index is 0.160. The molecule has 0 saturated carbocycles. The van der Waals surface area contributed by atoms with Gasteiger partial charge in [0.2, 0.25) is 0 Å². The van der Waals surface area contributed by atoms with Gasteiger partial charge in [0.15, 0.2) is 4.77 Å². The summed E-state index contributed by atoms with van der Waals surface area (Å²) in [6, 6.07) is 6.10. The number of rotatable bonds is 6. The van der Waals surface area contributed by atoms with Gasteiger partial charge >= 0.3 is 0 Å². The average molecular weight is 296 g/mol. The predicted octanol–water partition coefficient (Wildman–Crippen LogP) is 4.24. The second-order valence-corrected chi connectivity index (χ2v) is 6.12. The van der Waals surface area contributed by atoms with Crippen LogP contribution in [0.5, 0.6) is 5.75 Å². The van der Waals surface area contributed by atoms with Crippen LogP contribution in [0.2, 0.25) is 0 Å². The number of aromatic amines is 1. The van der Waals surface area contributed by atoms with Crippen molar-refractivity contribution in [2.45, 2.75) is 32.9 Å². The van der Waals surface area contributed by atoms with E-state index in [0.717, 1.165) is 40.3 Å². The van der Waals surface area contributed by atoms with Crippen LogP contribution in [0.1, 0.15) is 20.3 Å². The Hall–Kier alpha value is -0.940. The summed E-state index contributed by atoms with van der Waals surface area (Å²) in [5, 5.41) is 0. The molecule has 19 heavy (non-hydrogen) atoms. The van der Waals surface area contributed by atoms with Crippen LogP contribution in [-0.4, -0.2) is 27.7 Å². The first-order valence-corrected chi connectivity index (χ1v) is 8.31. The molecule has 1 N–H and O–H groups in total. The van der Waals surface area contributed by atoms with Gasteiger partial charge in [-0.3, -0.25) is 0 Å². The molecule has 0 amide bonds. The molecule has 2 rings (SSSR count). The van der Waals surface area contributed by atoms with Crippen molar-refractivity contribution in [2.75, 3.05) is 12.0 Å². The molecule has 0 aliphatic rings. The molecule has 1 aromatic carbocycles. The van der Waals surface area contributed by atoms with Gasteiger partial charge in [0.1, 0.15) is 11.3 Å². The van der Waals surface area contributed by atoms with Crippen LogP contribution in [0.15, 0.2) is 18.2 Å². The van der Waals surface area contributed by atoms with Crippen LogP contribution >= 0.6 is 24.0 Å². The highest BCUT2D eigenvalue weighted by Crippen LogP contribution is 2.26. The molecule has 0 spiro atoms. The van der Waals surface area contributed by atoms with Crippen molar-refractivity contribution in [1.29, 1.82) is 0 Å². The molecule has 0 bridgehead atoms. The summed E-state index contributed by atoms with van der Waals surface area (Å²) in [7, 11) is 0. The van der Waals surface area contributed by atoms with Gasteiger partial charge in [-0.1, -0.05) is 6.07 Å². The first kappa shape index (κ1) is 14.5. The van der Waals surface area contributed by atoms with Gasteiger partial charge in [-0.15, -0.1) is 0 Å². The average Bonchev–Trinajstić information content (AvgIpc) is 2.67. The first-order valence-electron chi connectivity index (χ1n) is 6.50. The first-order chi connectivity index (χ1) is 9.13. The number of fused-ring (bicyclic) bond motifs is 1. The molecule has 0 aliphatic carbocycles. The lowest BCUT2D eigenvalue weighted by Crippen LogP contribution is -2.06. The number of para-hydroxylation sites is 1. The van der Waals surface area contributed by atoms with Crippen LogP contribution in [0.4, 0.5) is 0 Å². The summed E-state index contributed by atoms with van der Waals surface area (Å²) in [4.78, 5) is 3.27. The van der Waals surface area contributed by atoms with E-state index < -0.39 is 0 Å². The standard InChI is InChI=1S/C14H20N2OS2/c1-10(2)17-12-7-4-6-11-13(12)15-14(18)16(11)8-5-9-19-3/h4,6-7,10H,5,8-9H2,1-3H3,(H,15,18). The third-order valence-electron chi connectivity index (χ3n) is 2.86. The normalized spacial score (nSPS) is 11.4. The minimum atomic E-state index is 0.160. The molecule has 1 heterocycles. The summed E-state index contributed by atoms with van der Waals surface area (Å²) >= 11 is 7.28. The van der Waals surface area contributed by atoms with Crippen molar-refractivity contribution in [2.24, 2.45) is 0 Å². The fourth-order valence-corrected chi connectivity index (χ4v) is 2.80. The van der Waals surface area contributed by atoms with E-state index in [-0.39, 0.29) is 6.10 Å². The van der Waals surface area contributed by atoms with E-state index >= 15 is 0 Å². The third-order valence-corrected chi connectivity index (χ3v) is 3.88. The Bertz CT molecular complexity index is 601. The molecule has 2 aromatic rings. The van der Waals surface area contributed by atoms with Crippen molar-refractivity contribution in [3.05, 3.63) is 23.0 Å². The number of nitrogens with one attached hydrogen (secondary N) is 1. The summed E-state index contributed by atoms with van der Waals surface area (Å²) < 4.78 is 8.76. The second kappa shape index (κ2) is 6.48. The van der Waals surface area contributed by atoms with Gasteiger partial charge in [-0.25, -0.2) is 0 Å². The Morgan fingerprint density at radius 1 is 1.42 bits per heavy atom. The number of aromatic nitrogens is 2. The highest BCUT2D eigenvalue weighted by atomic mass is 32.2. The highest BCUT2D eigenvalue weighted by Gasteiger charge is 2.09. The molecular formula is C14H20N2OS2. The van der Waals surface area contributed by atoms with Crippen LogP contribution < -0.4 is 4.74 Å². The third kappa shape index (κ3) is 3.34. The molecule has 0 saturated heterocycles. The van der Waals surface area contributed by atoms with Crippen molar-refractivity contribution < 1.29 is 4.74 Å². The van der Waals surface area contributed by atoms with Gasteiger partial charge in [0.05, 0.1) is 11.6 Å². The lowest BCUT2D eigenvalue weighted by molar-refractivity contribution is 0.245. The van der Waals surface area contributed by atoms with Gasteiger partial charge in [0, 0.05) is 6.54 Å². The number of H-pyrrole nitrogens is 1. The van der Waals surface area contributed by atoms with Gasteiger partial charge in [-0.2, -0.15) is 11.8 Å². The second-order valence-electron chi connectivity index (χ2n) is 4.75. The predicted molar refractivity (Wildman–Crippen MR) is 85.9 cm³/mol. The SMILES string of the molecule is CSCCCn1c(=S)[nH]c2c(OC(C)C)cccc21. The van der Waals surface area contributed by atoms with E-state index in [1.54, 1.807) is 0 Å². The number of benzene rings is 1. The van der Waals surface area contributed by atoms with Crippen LogP contribution in [0.3, 0.4) is 0 Å². The maximum absolute atomic E-state index is 5.83. The number of hydrogen-bond acceptors (Lipinski definition) is 3. The van der Waals surface area contributed by atoms with Crippen molar-refractivity contribution in [3.63, 3.8) is 0 Å². The zero-order chi connectivity index (χ0) is 13.8. The monoisotopic (exact) mass is 296 g/mol. The van der Waals surface area contributed by atoms with Crippen molar-refractivity contribution in [1.82, 2.24) is 9.55 Å². The maximum Gasteiger partial charge on any atom is 0.178 e. The molecule has 0 atom stereocenters. The highest BCUT2D eigenvalue weighted by molar-refractivity contribution is 7.98. The number of imidazole rings is 1. The van der Waals surface area contributed by atoms with Crippen LogP contribution in [-0.2, 0) is 6.54 Å². The smallest absolute Gasteiger partial charge is 0.178 e. The molecule has 3 nitrogen and oxygen atoms in total. The molecule has 104 valence electrons. The van der Waals surface area contributed by atoms with E-state index in [2.05, 4.69) is 21.9 Å². The molecule has 0 aliphatic heterocycles. The summed E-state index contributed by atoms with van der Waals surface area (Å²) in [5.41, 5.74) is 2.13. The molecule has 5 heteroatoms. The number of thioether (sulfide) groups is 1. The fraction of sp³-hybridized carbons (Fsp3) is 0.500. The number of aryl methyl sites for hydroxylation is 1. The Morgan fingerprint density at radius 2 is 2.21 bits per heavy atom. The number of nitrogens with zero attached hydrogens (tertiary/aromatic N) is 1. The van der Waals surface area contributed by atoms with Crippen LogP contribution in [0.25, 0.3) is 11.0 Å². The Morgan fingerprint density at radius 3 is 2.89 bits per heavy atom. The Kier molecular flexibility index (Phi) is 4.93. The zero-order valence-electron chi connectivity index (χ0n) is 11.6. The quantitative estimate of drug-likeness (QED) is 0.639. The van der Waals surface area contributed by atoms with E-state index in [1.807, 2.05) is 37.7 Å². The van der Waals surface area contributed by atoms with Crippen LogP contribution in [0, 0.1) is 4.77 Å². The summed E-state index contributed by atoms with van der Waals surface area (Å²) in [6.45, 7) is 5.01. The van der Waals surface area contributed by atoms with E-state index in [9.17, 15) is 0 Å². The van der Waals surface area contributed by atoms with Gasteiger partial charge in [0.25, 0.3) is 0 Å².